The molecule has 1 aromatic carbocycles. The minimum absolute atomic E-state index is 0.0716. The summed E-state index contributed by atoms with van der Waals surface area (Å²) in [7, 11) is 0. The zero-order chi connectivity index (χ0) is 21.5. The molecule has 4 rings (SSSR count). The Morgan fingerprint density at radius 2 is 2.03 bits per heavy atom. The number of rotatable bonds is 5. The summed E-state index contributed by atoms with van der Waals surface area (Å²) in [4.78, 5) is 12.5. The molecule has 10 heteroatoms. The van der Waals surface area contributed by atoms with Gasteiger partial charge in [0.1, 0.15) is 17.7 Å². The Labute approximate surface area is 168 Å². The minimum atomic E-state index is -4.80. The van der Waals surface area contributed by atoms with Crippen LogP contribution < -0.4 is 10.1 Å². The molecule has 1 aliphatic rings. The van der Waals surface area contributed by atoms with E-state index in [2.05, 4.69) is 10.4 Å². The first-order valence-corrected chi connectivity index (χ1v) is 9.17. The second-order valence-electron chi connectivity index (χ2n) is 7.05. The van der Waals surface area contributed by atoms with Crippen molar-refractivity contribution in [1.82, 2.24) is 14.9 Å². The number of halogens is 4. The summed E-state index contributed by atoms with van der Waals surface area (Å²) in [5, 5.41) is 16.3. The third-order valence-electron chi connectivity index (χ3n) is 5.00. The van der Waals surface area contributed by atoms with Crippen LogP contribution in [-0.4, -0.2) is 32.8 Å². The van der Waals surface area contributed by atoms with Gasteiger partial charge in [-0.05, 0) is 30.3 Å². The SMILES string of the molecule is O=C(N[C@H]1C[C@H](Oc2ccc(F)c(C(F)(F)F)c2)C1)c1cnn2c(CO)cccc12. The lowest BCUT2D eigenvalue weighted by molar-refractivity contribution is -0.140. The molecule has 0 aliphatic heterocycles. The number of nitrogens with zero attached hydrogens (tertiary/aromatic N) is 2. The Kier molecular flexibility index (Phi) is 5.10. The number of carbonyl (C=O) groups excluding carboxylic acids is 1. The lowest BCUT2D eigenvalue weighted by Gasteiger charge is -2.35. The highest BCUT2D eigenvalue weighted by Crippen LogP contribution is 2.35. The molecular weight excluding hydrogens is 406 g/mol. The number of alkyl halides is 3. The molecule has 6 nitrogen and oxygen atoms in total. The summed E-state index contributed by atoms with van der Waals surface area (Å²) >= 11 is 0. The van der Waals surface area contributed by atoms with E-state index in [4.69, 9.17) is 4.74 Å². The number of aliphatic hydroxyl groups is 1. The largest absolute Gasteiger partial charge is 0.490 e. The van der Waals surface area contributed by atoms with Gasteiger partial charge in [-0.25, -0.2) is 8.91 Å². The number of carbonyl (C=O) groups is 1. The Hall–Kier alpha value is -3.14. The second kappa shape index (κ2) is 7.60. The van der Waals surface area contributed by atoms with Crippen LogP contribution in [0.15, 0.2) is 42.6 Å². The molecule has 1 amide bonds. The predicted molar refractivity (Wildman–Crippen MR) is 97.4 cm³/mol. The normalized spacial score (nSPS) is 18.8. The van der Waals surface area contributed by atoms with Crippen LogP contribution >= 0.6 is 0 Å². The monoisotopic (exact) mass is 423 g/mol. The molecule has 1 saturated carbocycles. The van der Waals surface area contributed by atoms with E-state index >= 15 is 0 Å². The summed E-state index contributed by atoms with van der Waals surface area (Å²) in [6.45, 7) is -0.221. The zero-order valence-corrected chi connectivity index (χ0v) is 15.5. The standard InChI is InChI=1S/C20H17F4N3O3/c21-17-5-4-13(8-16(17)20(22,23)24)30-14-6-11(7-14)26-19(29)15-9-25-27-12(10-28)2-1-3-18(15)27/h1-5,8-9,11,14,28H,6-7,10H2,(H,26,29)/t11-,14-. The van der Waals surface area contributed by atoms with Crippen LogP contribution in [0.5, 0.6) is 5.75 Å². The van der Waals surface area contributed by atoms with Gasteiger partial charge in [0.25, 0.3) is 5.91 Å². The van der Waals surface area contributed by atoms with Gasteiger partial charge in [-0.1, -0.05) is 6.07 Å². The van der Waals surface area contributed by atoms with Crippen molar-refractivity contribution in [3.8, 4) is 5.75 Å². The van der Waals surface area contributed by atoms with Gasteiger partial charge in [-0.15, -0.1) is 0 Å². The number of hydrogen-bond acceptors (Lipinski definition) is 4. The molecule has 1 aliphatic carbocycles. The maximum absolute atomic E-state index is 13.4. The summed E-state index contributed by atoms with van der Waals surface area (Å²) in [6, 6.07) is 7.41. The van der Waals surface area contributed by atoms with Crippen LogP contribution in [0.3, 0.4) is 0 Å². The summed E-state index contributed by atoms with van der Waals surface area (Å²) in [5.41, 5.74) is 0.0703. The van der Waals surface area contributed by atoms with E-state index in [1.165, 1.54) is 10.7 Å². The van der Waals surface area contributed by atoms with Crippen molar-refractivity contribution in [2.45, 2.75) is 37.8 Å². The van der Waals surface area contributed by atoms with Crippen molar-refractivity contribution in [3.63, 3.8) is 0 Å². The van der Waals surface area contributed by atoms with E-state index in [1.807, 2.05) is 0 Å². The molecule has 1 fully saturated rings. The molecule has 3 aromatic rings. The maximum atomic E-state index is 13.4. The van der Waals surface area contributed by atoms with Gasteiger partial charge in [-0.3, -0.25) is 4.79 Å². The van der Waals surface area contributed by atoms with Crippen molar-refractivity contribution in [1.29, 1.82) is 0 Å². The highest BCUT2D eigenvalue weighted by Gasteiger charge is 2.36. The van der Waals surface area contributed by atoms with Gasteiger partial charge in [-0.2, -0.15) is 18.3 Å². The maximum Gasteiger partial charge on any atom is 0.419 e. The third-order valence-corrected chi connectivity index (χ3v) is 5.00. The molecule has 158 valence electrons. The van der Waals surface area contributed by atoms with Crippen molar-refractivity contribution in [2.75, 3.05) is 0 Å². The number of ether oxygens (including phenoxy) is 1. The van der Waals surface area contributed by atoms with Crippen molar-refractivity contribution in [2.24, 2.45) is 0 Å². The Bertz CT molecular complexity index is 1090. The fourth-order valence-corrected chi connectivity index (χ4v) is 3.39. The Balaban J connectivity index is 1.36. The fourth-order valence-electron chi connectivity index (χ4n) is 3.39. The molecule has 0 atom stereocenters. The first-order valence-electron chi connectivity index (χ1n) is 9.17. The molecule has 30 heavy (non-hydrogen) atoms. The summed E-state index contributed by atoms with van der Waals surface area (Å²) in [5.74, 6) is -1.77. The lowest BCUT2D eigenvalue weighted by Crippen LogP contribution is -2.49. The molecule has 2 N–H and O–H groups in total. The molecule has 0 bridgehead atoms. The number of benzene rings is 1. The van der Waals surface area contributed by atoms with Gasteiger partial charge in [0.2, 0.25) is 0 Å². The number of amides is 1. The van der Waals surface area contributed by atoms with E-state index < -0.39 is 17.6 Å². The highest BCUT2D eigenvalue weighted by atomic mass is 19.4. The van der Waals surface area contributed by atoms with Gasteiger partial charge in [0, 0.05) is 18.9 Å². The van der Waals surface area contributed by atoms with Crippen LogP contribution in [0.25, 0.3) is 5.52 Å². The van der Waals surface area contributed by atoms with E-state index in [1.54, 1.807) is 18.2 Å². The molecule has 2 aromatic heterocycles. The average molecular weight is 423 g/mol. The van der Waals surface area contributed by atoms with Crippen LogP contribution in [0.2, 0.25) is 0 Å². The minimum Gasteiger partial charge on any atom is -0.490 e. The first-order chi connectivity index (χ1) is 14.3. The number of aliphatic hydroxyl groups excluding tert-OH is 1. The molecule has 2 heterocycles. The predicted octanol–water partition coefficient (Wildman–Crippen LogP) is 3.32. The number of aromatic nitrogens is 2. The smallest absolute Gasteiger partial charge is 0.419 e. The van der Waals surface area contributed by atoms with E-state index in [0.29, 0.717) is 35.7 Å². The Morgan fingerprint density at radius 3 is 2.73 bits per heavy atom. The van der Waals surface area contributed by atoms with E-state index in [-0.39, 0.29) is 30.4 Å². The first kappa shape index (κ1) is 20.1. The highest BCUT2D eigenvalue weighted by molar-refractivity contribution is 6.00. The molecule has 0 spiro atoms. The average Bonchev–Trinajstić information content (AvgIpc) is 3.11. The van der Waals surface area contributed by atoms with Crippen molar-refractivity contribution in [3.05, 3.63) is 65.2 Å². The van der Waals surface area contributed by atoms with Gasteiger partial charge < -0.3 is 15.2 Å². The quantitative estimate of drug-likeness (QED) is 0.618. The number of fused-ring (bicyclic) bond motifs is 1. The number of hydrogen-bond donors (Lipinski definition) is 2. The fraction of sp³-hybridized carbons (Fsp3) is 0.300. The Morgan fingerprint density at radius 1 is 1.27 bits per heavy atom. The van der Waals surface area contributed by atoms with Crippen LogP contribution in [0, 0.1) is 5.82 Å². The second-order valence-corrected chi connectivity index (χ2v) is 7.05. The number of pyridine rings is 1. The lowest BCUT2D eigenvalue weighted by atomic mass is 9.89. The molecular formula is C20H17F4N3O3. The van der Waals surface area contributed by atoms with Crippen molar-refractivity contribution >= 4 is 11.4 Å². The molecule has 0 unspecified atom stereocenters. The van der Waals surface area contributed by atoms with E-state index in [9.17, 15) is 27.5 Å². The summed E-state index contributed by atoms with van der Waals surface area (Å²) < 4.78 is 58.7. The number of nitrogens with one attached hydrogen (secondary N) is 1. The van der Waals surface area contributed by atoms with Crippen LogP contribution in [-0.2, 0) is 12.8 Å². The van der Waals surface area contributed by atoms with Gasteiger partial charge in [0.05, 0.1) is 35.1 Å². The van der Waals surface area contributed by atoms with E-state index in [0.717, 1.165) is 12.1 Å². The molecule has 0 radical (unpaired) electrons. The molecule has 0 saturated heterocycles. The van der Waals surface area contributed by atoms with Crippen LogP contribution in [0.4, 0.5) is 17.6 Å². The van der Waals surface area contributed by atoms with Crippen molar-refractivity contribution < 1.29 is 32.2 Å². The van der Waals surface area contributed by atoms with Gasteiger partial charge in [0.15, 0.2) is 0 Å². The summed E-state index contributed by atoms with van der Waals surface area (Å²) in [6.07, 6.45) is -2.96. The third kappa shape index (κ3) is 3.82. The zero-order valence-electron chi connectivity index (χ0n) is 15.5. The van der Waals surface area contributed by atoms with Crippen LogP contribution in [0.1, 0.15) is 34.5 Å². The topological polar surface area (TPSA) is 75.9 Å². The van der Waals surface area contributed by atoms with Gasteiger partial charge >= 0.3 is 6.18 Å².